The Bertz CT molecular complexity index is 331. The van der Waals surface area contributed by atoms with Gasteiger partial charge in [-0.2, -0.15) is 0 Å². The summed E-state index contributed by atoms with van der Waals surface area (Å²) in [6.07, 6.45) is 0. The Labute approximate surface area is 94.3 Å². The van der Waals surface area contributed by atoms with Crippen LogP contribution in [0.4, 0.5) is 0 Å². The fourth-order valence-corrected chi connectivity index (χ4v) is 1.48. The van der Waals surface area contributed by atoms with Crippen molar-refractivity contribution in [2.75, 3.05) is 6.54 Å². The molecule has 0 radical (unpaired) electrons. The molecule has 0 aliphatic heterocycles. The Hall–Kier alpha value is -0.600. The third kappa shape index (κ3) is 3.64. The van der Waals surface area contributed by atoms with Crippen LogP contribution in [-0.4, -0.2) is 6.54 Å². The Morgan fingerprint density at radius 3 is 2.79 bits per heavy atom. The van der Waals surface area contributed by atoms with Crippen molar-refractivity contribution >= 4 is 15.9 Å². The van der Waals surface area contributed by atoms with E-state index >= 15 is 0 Å². The van der Waals surface area contributed by atoms with Crippen LogP contribution < -0.4 is 5.32 Å². The van der Waals surface area contributed by atoms with Crippen molar-refractivity contribution in [2.24, 2.45) is 0 Å². The largest absolute Gasteiger partial charge is 0.309 e. The maximum absolute atomic E-state index is 3.85. The molecule has 2 heteroatoms. The summed E-state index contributed by atoms with van der Waals surface area (Å²) in [6, 6.07) is 6.41. The van der Waals surface area contributed by atoms with E-state index in [1.54, 1.807) is 0 Å². The summed E-state index contributed by atoms with van der Waals surface area (Å²) >= 11 is 3.49. The molecule has 0 aliphatic carbocycles. The molecule has 0 aliphatic rings. The van der Waals surface area contributed by atoms with Gasteiger partial charge >= 0.3 is 0 Å². The molecule has 0 saturated heterocycles. The third-order valence-electron chi connectivity index (χ3n) is 1.98. The van der Waals surface area contributed by atoms with Gasteiger partial charge in [0, 0.05) is 17.6 Å². The van der Waals surface area contributed by atoms with Crippen LogP contribution >= 0.6 is 15.9 Å². The summed E-state index contributed by atoms with van der Waals surface area (Å²) in [7, 11) is 0. The number of hydrogen-bond acceptors (Lipinski definition) is 1. The molecule has 0 bridgehead atoms. The highest BCUT2D eigenvalue weighted by Crippen LogP contribution is 2.16. The van der Waals surface area contributed by atoms with E-state index in [4.69, 9.17) is 0 Å². The fourth-order valence-electron chi connectivity index (χ4n) is 1.24. The second kappa shape index (κ2) is 5.32. The first-order chi connectivity index (χ1) is 6.59. The second-order valence-corrected chi connectivity index (χ2v) is 4.50. The lowest BCUT2D eigenvalue weighted by molar-refractivity contribution is 0.740. The zero-order valence-electron chi connectivity index (χ0n) is 8.73. The number of halogens is 1. The van der Waals surface area contributed by atoms with E-state index in [2.05, 4.69) is 52.9 Å². The van der Waals surface area contributed by atoms with Gasteiger partial charge in [0.1, 0.15) is 0 Å². The number of rotatable bonds is 4. The van der Waals surface area contributed by atoms with Gasteiger partial charge in [0.05, 0.1) is 0 Å². The minimum atomic E-state index is 0.884. The predicted octanol–water partition coefficient (Wildman–Crippen LogP) is 3.42. The van der Waals surface area contributed by atoms with Crippen LogP contribution in [-0.2, 0) is 6.54 Å². The maximum atomic E-state index is 3.85. The van der Waals surface area contributed by atoms with Gasteiger partial charge in [-0.1, -0.05) is 40.2 Å². The summed E-state index contributed by atoms with van der Waals surface area (Å²) in [5.74, 6) is 0. The topological polar surface area (TPSA) is 12.0 Å². The number of benzene rings is 1. The van der Waals surface area contributed by atoms with E-state index in [-0.39, 0.29) is 0 Å². The molecular formula is C12H16BrN. The first kappa shape index (κ1) is 11.5. The minimum absolute atomic E-state index is 0.884. The van der Waals surface area contributed by atoms with Gasteiger partial charge in [-0.15, -0.1) is 0 Å². The molecule has 0 atom stereocenters. The van der Waals surface area contributed by atoms with Gasteiger partial charge in [-0.05, 0) is 31.0 Å². The summed E-state index contributed by atoms with van der Waals surface area (Å²) in [5, 5.41) is 3.33. The number of aryl methyl sites for hydroxylation is 1. The third-order valence-corrected chi connectivity index (χ3v) is 2.87. The van der Waals surface area contributed by atoms with E-state index in [9.17, 15) is 0 Å². The van der Waals surface area contributed by atoms with Crippen LogP contribution in [0.2, 0.25) is 0 Å². The molecule has 1 nitrogen and oxygen atoms in total. The van der Waals surface area contributed by atoms with Crippen molar-refractivity contribution < 1.29 is 0 Å². The Morgan fingerprint density at radius 2 is 2.21 bits per heavy atom. The van der Waals surface area contributed by atoms with Crippen molar-refractivity contribution in [3.05, 3.63) is 46.0 Å². The summed E-state index contributed by atoms with van der Waals surface area (Å²) < 4.78 is 1.17. The average Bonchev–Trinajstić information content (AvgIpc) is 2.10. The van der Waals surface area contributed by atoms with Crippen molar-refractivity contribution in [3.8, 4) is 0 Å². The monoisotopic (exact) mass is 253 g/mol. The van der Waals surface area contributed by atoms with Crippen LogP contribution in [0, 0.1) is 6.92 Å². The normalized spacial score (nSPS) is 10.2. The highest BCUT2D eigenvalue weighted by atomic mass is 79.9. The van der Waals surface area contributed by atoms with Gasteiger partial charge < -0.3 is 5.32 Å². The molecule has 0 saturated carbocycles. The van der Waals surface area contributed by atoms with E-state index in [0.717, 1.165) is 13.1 Å². The lowest BCUT2D eigenvalue weighted by Crippen LogP contribution is -2.15. The molecule has 1 N–H and O–H groups in total. The fraction of sp³-hybridized carbons (Fsp3) is 0.333. The minimum Gasteiger partial charge on any atom is -0.309 e. The molecule has 76 valence electrons. The van der Waals surface area contributed by atoms with Crippen molar-refractivity contribution in [3.63, 3.8) is 0 Å². The quantitative estimate of drug-likeness (QED) is 0.812. The highest BCUT2D eigenvalue weighted by molar-refractivity contribution is 9.10. The van der Waals surface area contributed by atoms with Crippen molar-refractivity contribution in [2.45, 2.75) is 20.4 Å². The van der Waals surface area contributed by atoms with Crippen LogP contribution in [0.25, 0.3) is 0 Å². The van der Waals surface area contributed by atoms with Gasteiger partial charge in [0.15, 0.2) is 0 Å². The number of nitrogens with one attached hydrogen (secondary N) is 1. The van der Waals surface area contributed by atoms with E-state index in [0.29, 0.717) is 0 Å². The zero-order valence-corrected chi connectivity index (χ0v) is 10.3. The van der Waals surface area contributed by atoms with E-state index < -0.39 is 0 Å². The van der Waals surface area contributed by atoms with Gasteiger partial charge in [0.2, 0.25) is 0 Å². The number of hydrogen-bond donors (Lipinski definition) is 1. The molecular weight excluding hydrogens is 238 g/mol. The average molecular weight is 254 g/mol. The molecule has 1 rings (SSSR count). The second-order valence-electron chi connectivity index (χ2n) is 3.64. The van der Waals surface area contributed by atoms with Crippen molar-refractivity contribution in [1.29, 1.82) is 0 Å². The molecule has 0 unspecified atom stereocenters. The van der Waals surface area contributed by atoms with E-state index in [1.165, 1.54) is 21.2 Å². The zero-order chi connectivity index (χ0) is 10.6. The predicted molar refractivity (Wildman–Crippen MR) is 65.4 cm³/mol. The maximum Gasteiger partial charge on any atom is 0.0208 e. The smallest absolute Gasteiger partial charge is 0.0208 e. The van der Waals surface area contributed by atoms with Gasteiger partial charge in [-0.3, -0.25) is 0 Å². The summed E-state index contributed by atoms with van der Waals surface area (Å²) in [4.78, 5) is 0. The van der Waals surface area contributed by atoms with Gasteiger partial charge in [-0.25, -0.2) is 0 Å². The Balaban J connectivity index is 2.51. The molecule has 1 aromatic carbocycles. The molecule has 14 heavy (non-hydrogen) atoms. The van der Waals surface area contributed by atoms with Crippen molar-refractivity contribution in [1.82, 2.24) is 5.32 Å². The Morgan fingerprint density at radius 1 is 1.50 bits per heavy atom. The first-order valence-electron chi connectivity index (χ1n) is 4.69. The molecule has 0 heterocycles. The molecule has 0 aromatic heterocycles. The first-order valence-corrected chi connectivity index (χ1v) is 5.49. The van der Waals surface area contributed by atoms with Crippen LogP contribution in [0.5, 0.6) is 0 Å². The Kier molecular flexibility index (Phi) is 4.36. The molecule has 0 spiro atoms. The molecule has 0 fully saturated rings. The van der Waals surface area contributed by atoms with E-state index in [1.807, 2.05) is 6.92 Å². The summed E-state index contributed by atoms with van der Waals surface area (Å²) in [6.45, 7) is 9.77. The summed E-state index contributed by atoms with van der Waals surface area (Å²) in [5.41, 5.74) is 3.76. The standard InChI is InChI=1S/C12H16BrN/c1-9(2)7-14-8-11-4-5-12(13)10(3)6-11/h4-6,14H,1,7-8H2,2-3H3. The lowest BCUT2D eigenvalue weighted by atomic mass is 10.1. The SMILES string of the molecule is C=C(C)CNCc1ccc(Br)c(C)c1. The molecule has 0 amide bonds. The highest BCUT2D eigenvalue weighted by Gasteiger charge is 1.96. The van der Waals surface area contributed by atoms with Crippen LogP contribution in [0.3, 0.4) is 0 Å². The van der Waals surface area contributed by atoms with Crippen LogP contribution in [0.15, 0.2) is 34.8 Å². The lowest BCUT2D eigenvalue weighted by Gasteiger charge is -2.06. The van der Waals surface area contributed by atoms with Gasteiger partial charge in [0.25, 0.3) is 0 Å². The molecule has 1 aromatic rings. The van der Waals surface area contributed by atoms with Crippen LogP contribution in [0.1, 0.15) is 18.1 Å².